The molecule has 4 nitrogen and oxygen atoms in total. The van der Waals surface area contributed by atoms with Crippen LogP contribution in [0.4, 0.5) is 0 Å². The molecule has 1 heterocycles. The van der Waals surface area contributed by atoms with Gasteiger partial charge in [-0.1, -0.05) is 0 Å². The third-order valence-electron chi connectivity index (χ3n) is 0.601. The summed E-state index contributed by atoms with van der Waals surface area (Å²) >= 11 is 0. The minimum atomic E-state index is -1.14. The summed E-state index contributed by atoms with van der Waals surface area (Å²) in [4.78, 5) is 0. The van der Waals surface area contributed by atoms with E-state index in [9.17, 15) is 0 Å². The standard InChI is InChI=1S/C3H5N3O/c1-3(7)2-4-6-5-3/h2,7H,1H3. The van der Waals surface area contributed by atoms with Gasteiger partial charge in [-0.2, -0.15) is 0 Å². The Labute approximate surface area is 40.6 Å². The van der Waals surface area contributed by atoms with Crippen LogP contribution in [-0.4, -0.2) is 17.0 Å². The molecule has 1 aliphatic heterocycles. The van der Waals surface area contributed by atoms with E-state index in [0.717, 1.165) is 0 Å². The topological polar surface area (TPSA) is 57.3 Å². The Kier molecular flexibility index (Phi) is 0.689. The van der Waals surface area contributed by atoms with Gasteiger partial charge in [0.25, 0.3) is 0 Å². The van der Waals surface area contributed by atoms with Crippen molar-refractivity contribution in [3.63, 3.8) is 0 Å². The first-order chi connectivity index (χ1) is 3.21. The first kappa shape index (κ1) is 4.39. The lowest BCUT2D eigenvalue weighted by atomic mass is 10.3. The summed E-state index contributed by atoms with van der Waals surface area (Å²) in [5.41, 5.74) is -1.14. The summed E-state index contributed by atoms with van der Waals surface area (Å²) in [6.45, 7) is 1.51. The Morgan fingerprint density at radius 3 is 2.57 bits per heavy atom. The van der Waals surface area contributed by atoms with Crippen LogP contribution < -0.4 is 0 Å². The summed E-state index contributed by atoms with van der Waals surface area (Å²) in [5, 5.41) is 18.6. The summed E-state index contributed by atoms with van der Waals surface area (Å²) in [6, 6.07) is 0. The number of hydrogen-bond donors (Lipinski definition) is 1. The zero-order valence-electron chi connectivity index (χ0n) is 3.87. The van der Waals surface area contributed by atoms with E-state index in [4.69, 9.17) is 5.11 Å². The molecule has 1 atom stereocenters. The Morgan fingerprint density at radius 1 is 1.71 bits per heavy atom. The molecule has 38 valence electrons. The molecular formula is C3H5N3O. The van der Waals surface area contributed by atoms with Crippen LogP contribution in [0.3, 0.4) is 0 Å². The van der Waals surface area contributed by atoms with Crippen LogP contribution in [0.5, 0.6) is 0 Å². The molecule has 1 N–H and O–H groups in total. The predicted molar refractivity (Wildman–Crippen MR) is 24.0 cm³/mol. The highest BCUT2D eigenvalue weighted by molar-refractivity contribution is 5.67. The molecule has 0 aromatic carbocycles. The predicted octanol–water partition coefficient (Wildman–Crippen LogP) is 0.146. The maximum atomic E-state index is 8.78. The van der Waals surface area contributed by atoms with Crippen molar-refractivity contribution in [3.8, 4) is 0 Å². The highest BCUT2D eigenvalue weighted by atomic mass is 16.3. The van der Waals surface area contributed by atoms with Crippen molar-refractivity contribution in [2.24, 2.45) is 15.4 Å². The molecule has 0 radical (unpaired) electrons. The fourth-order valence-electron chi connectivity index (χ4n) is 0.277. The van der Waals surface area contributed by atoms with Crippen LogP contribution in [0.15, 0.2) is 15.4 Å². The van der Waals surface area contributed by atoms with Crippen molar-refractivity contribution < 1.29 is 5.11 Å². The maximum absolute atomic E-state index is 8.78. The van der Waals surface area contributed by atoms with E-state index in [1.807, 2.05) is 0 Å². The Bertz CT molecular complexity index is 112. The molecule has 0 aromatic heterocycles. The Morgan fingerprint density at radius 2 is 2.43 bits per heavy atom. The van der Waals surface area contributed by atoms with Crippen molar-refractivity contribution in [1.82, 2.24) is 0 Å². The molecule has 4 heteroatoms. The molecule has 0 aromatic rings. The van der Waals surface area contributed by atoms with Gasteiger partial charge in [0.1, 0.15) is 0 Å². The third kappa shape index (κ3) is 0.806. The van der Waals surface area contributed by atoms with E-state index in [1.165, 1.54) is 13.1 Å². The molecule has 0 saturated carbocycles. The Balaban J connectivity index is 2.77. The van der Waals surface area contributed by atoms with E-state index in [0.29, 0.717) is 0 Å². The van der Waals surface area contributed by atoms with Gasteiger partial charge in [0, 0.05) is 0 Å². The molecule has 0 spiro atoms. The van der Waals surface area contributed by atoms with E-state index < -0.39 is 5.72 Å². The molecule has 1 unspecified atom stereocenters. The molecule has 0 aliphatic carbocycles. The zero-order chi connectivity index (χ0) is 5.33. The lowest BCUT2D eigenvalue weighted by molar-refractivity contribution is 0.146. The molecule has 7 heavy (non-hydrogen) atoms. The second-order valence-corrected chi connectivity index (χ2v) is 1.53. The van der Waals surface area contributed by atoms with Gasteiger partial charge in [-0.05, 0) is 12.1 Å². The maximum Gasteiger partial charge on any atom is 0.213 e. The largest absolute Gasteiger partial charge is 0.364 e. The second kappa shape index (κ2) is 1.10. The van der Waals surface area contributed by atoms with E-state index in [1.54, 1.807) is 0 Å². The van der Waals surface area contributed by atoms with Crippen LogP contribution in [0, 0.1) is 0 Å². The molecule has 1 aliphatic rings. The summed E-state index contributed by atoms with van der Waals surface area (Å²) in [5.74, 6) is 0. The van der Waals surface area contributed by atoms with Crippen LogP contribution in [-0.2, 0) is 0 Å². The molecule has 0 fully saturated rings. The lowest BCUT2D eigenvalue weighted by Gasteiger charge is -2.00. The monoisotopic (exact) mass is 99.0 g/mol. The quantitative estimate of drug-likeness (QED) is 0.461. The van der Waals surface area contributed by atoms with Gasteiger partial charge in [-0.15, -0.1) is 10.2 Å². The SMILES string of the molecule is CC1(O)C=NN=N1. The van der Waals surface area contributed by atoms with Crippen LogP contribution in [0.1, 0.15) is 6.92 Å². The van der Waals surface area contributed by atoms with E-state index in [2.05, 4.69) is 15.4 Å². The highest BCUT2D eigenvalue weighted by Gasteiger charge is 2.18. The highest BCUT2D eigenvalue weighted by Crippen LogP contribution is 2.07. The normalized spacial score (nSPS) is 37.4. The van der Waals surface area contributed by atoms with Gasteiger partial charge in [-0.25, -0.2) is 0 Å². The fourth-order valence-corrected chi connectivity index (χ4v) is 0.277. The van der Waals surface area contributed by atoms with Crippen LogP contribution >= 0.6 is 0 Å². The van der Waals surface area contributed by atoms with Gasteiger partial charge in [-0.3, -0.25) is 0 Å². The molecular weight excluding hydrogens is 94.1 g/mol. The molecule has 0 saturated heterocycles. The summed E-state index contributed by atoms with van der Waals surface area (Å²) in [6.07, 6.45) is 1.27. The third-order valence-corrected chi connectivity index (χ3v) is 0.601. The average molecular weight is 99.1 g/mol. The lowest BCUT2D eigenvalue weighted by Crippen LogP contribution is -2.18. The Hall–Kier alpha value is -0.770. The number of rotatable bonds is 0. The van der Waals surface area contributed by atoms with Gasteiger partial charge in [0.15, 0.2) is 0 Å². The second-order valence-electron chi connectivity index (χ2n) is 1.53. The van der Waals surface area contributed by atoms with Crippen molar-refractivity contribution in [3.05, 3.63) is 0 Å². The van der Waals surface area contributed by atoms with Crippen molar-refractivity contribution in [1.29, 1.82) is 0 Å². The van der Waals surface area contributed by atoms with E-state index >= 15 is 0 Å². The van der Waals surface area contributed by atoms with E-state index in [-0.39, 0.29) is 0 Å². The van der Waals surface area contributed by atoms with Gasteiger partial charge in [0.05, 0.1) is 6.21 Å². The average Bonchev–Trinajstić information content (AvgIpc) is 1.84. The first-order valence-electron chi connectivity index (χ1n) is 1.89. The minimum absolute atomic E-state index is 1.14. The van der Waals surface area contributed by atoms with Gasteiger partial charge in [0.2, 0.25) is 5.72 Å². The van der Waals surface area contributed by atoms with Gasteiger partial charge < -0.3 is 5.11 Å². The van der Waals surface area contributed by atoms with Crippen LogP contribution in [0.2, 0.25) is 0 Å². The zero-order valence-corrected chi connectivity index (χ0v) is 3.87. The van der Waals surface area contributed by atoms with Crippen molar-refractivity contribution in [2.45, 2.75) is 12.6 Å². The van der Waals surface area contributed by atoms with Gasteiger partial charge >= 0.3 is 0 Å². The molecule has 0 amide bonds. The minimum Gasteiger partial charge on any atom is -0.364 e. The number of nitrogens with zero attached hydrogens (tertiary/aromatic N) is 3. The van der Waals surface area contributed by atoms with Crippen LogP contribution in [0.25, 0.3) is 0 Å². The summed E-state index contributed by atoms with van der Waals surface area (Å²) in [7, 11) is 0. The smallest absolute Gasteiger partial charge is 0.213 e. The molecule has 1 rings (SSSR count). The summed E-state index contributed by atoms with van der Waals surface area (Å²) < 4.78 is 0. The number of aliphatic hydroxyl groups is 1. The first-order valence-corrected chi connectivity index (χ1v) is 1.89. The molecule has 0 bridgehead atoms. The van der Waals surface area contributed by atoms with Crippen molar-refractivity contribution >= 4 is 6.21 Å². The van der Waals surface area contributed by atoms with Crippen molar-refractivity contribution in [2.75, 3.05) is 0 Å². The number of hydrogen-bond acceptors (Lipinski definition) is 4. The fraction of sp³-hybridized carbons (Fsp3) is 0.667.